The number of fused-ring (bicyclic) bond motifs is 1. The van der Waals surface area contributed by atoms with E-state index >= 15 is 0 Å². The third kappa shape index (κ3) is 3.23. The molecule has 0 radical (unpaired) electrons. The van der Waals surface area contributed by atoms with Gasteiger partial charge in [0.1, 0.15) is 12.7 Å². The number of nitrogens with one attached hydrogen (secondary N) is 1. The SMILES string of the molecule is Cc1nn(-c2ccccc2)nc1C(=O)NC[C@H]1COc2ccccc2O1. The van der Waals surface area contributed by atoms with E-state index in [4.69, 9.17) is 9.47 Å². The maximum Gasteiger partial charge on any atom is 0.273 e. The maximum atomic E-state index is 12.5. The molecule has 0 aliphatic carbocycles. The molecule has 1 aromatic heterocycles. The van der Waals surface area contributed by atoms with Crippen LogP contribution in [0.3, 0.4) is 0 Å². The van der Waals surface area contributed by atoms with Gasteiger partial charge in [-0.1, -0.05) is 30.3 Å². The Labute approximate surface area is 150 Å². The summed E-state index contributed by atoms with van der Waals surface area (Å²) in [6, 6.07) is 16.9. The molecule has 132 valence electrons. The van der Waals surface area contributed by atoms with Crippen molar-refractivity contribution in [3.8, 4) is 17.2 Å². The van der Waals surface area contributed by atoms with Crippen molar-refractivity contribution in [1.82, 2.24) is 20.3 Å². The number of amides is 1. The number of hydrogen-bond acceptors (Lipinski definition) is 5. The second kappa shape index (κ2) is 6.87. The minimum atomic E-state index is -0.285. The second-order valence-electron chi connectivity index (χ2n) is 5.97. The van der Waals surface area contributed by atoms with Gasteiger partial charge in [-0.15, -0.1) is 5.10 Å². The fourth-order valence-electron chi connectivity index (χ4n) is 2.72. The highest BCUT2D eigenvalue weighted by atomic mass is 16.6. The lowest BCUT2D eigenvalue weighted by Crippen LogP contribution is -2.41. The molecule has 0 spiro atoms. The predicted molar refractivity (Wildman–Crippen MR) is 94.8 cm³/mol. The van der Waals surface area contributed by atoms with Gasteiger partial charge in [0.2, 0.25) is 0 Å². The molecule has 0 saturated carbocycles. The maximum absolute atomic E-state index is 12.5. The van der Waals surface area contributed by atoms with Crippen molar-refractivity contribution in [3.05, 3.63) is 66.0 Å². The molecule has 7 nitrogen and oxygen atoms in total. The minimum absolute atomic E-state index is 0.252. The van der Waals surface area contributed by atoms with E-state index in [9.17, 15) is 4.79 Å². The van der Waals surface area contributed by atoms with Crippen LogP contribution in [0.25, 0.3) is 5.69 Å². The number of nitrogens with zero attached hydrogens (tertiary/aromatic N) is 3. The van der Waals surface area contributed by atoms with Crippen molar-refractivity contribution in [2.75, 3.05) is 13.2 Å². The largest absolute Gasteiger partial charge is 0.486 e. The van der Waals surface area contributed by atoms with E-state index in [0.717, 1.165) is 11.4 Å². The summed E-state index contributed by atoms with van der Waals surface area (Å²) in [4.78, 5) is 13.9. The number of carbonyl (C=O) groups is 1. The first kappa shape index (κ1) is 16.1. The van der Waals surface area contributed by atoms with Crippen LogP contribution < -0.4 is 14.8 Å². The molecule has 0 bridgehead atoms. The first-order valence-corrected chi connectivity index (χ1v) is 8.37. The van der Waals surface area contributed by atoms with Crippen LogP contribution in [0, 0.1) is 6.92 Å². The van der Waals surface area contributed by atoms with E-state index in [1.54, 1.807) is 6.92 Å². The molecule has 2 aromatic carbocycles. The number of aromatic nitrogens is 3. The number of carbonyl (C=O) groups excluding carboxylic acids is 1. The number of rotatable bonds is 4. The average molecular weight is 350 g/mol. The Morgan fingerprint density at radius 3 is 2.65 bits per heavy atom. The molecule has 0 fully saturated rings. The number of ether oxygens (including phenoxy) is 2. The van der Waals surface area contributed by atoms with Gasteiger partial charge in [-0.05, 0) is 31.2 Å². The Balaban J connectivity index is 1.41. The lowest BCUT2D eigenvalue weighted by atomic mass is 10.2. The van der Waals surface area contributed by atoms with Crippen molar-refractivity contribution < 1.29 is 14.3 Å². The summed E-state index contributed by atoms with van der Waals surface area (Å²) in [6.07, 6.45) is -0.252. The number of benzene rings is 2. The van der Waals surface area contributed by atoms with E-state index in [1.165, 1.54) is 4.80 Å². The quantitative estimate of drug-likeness (QED) is 0.780. The van der Waals surface area contributed by atoms with Crippen molar-refractivity contribution in [2.24, 2.45) is 0 Å². The minimum Gasteiger partial charge on any atom is -0.486 e. The smallest absolute Gasteiger partial charge is 0.273 e. The average Bonchev–Trinajstić information content (AvgIpc) is 3.08. The van der Waals surface area contributed by atoms with Gasteiger partial charge in [0.25, 0.3) is 5.91 Å². The van der Waals surface area contributed by atoms with Crippen LogP contribution in [0.15, 0.2) is 54.6 Å². The molecule has 1 N–H and O–H groups in total. The van der Waals surface area contributed by atoms with E-state index in [-0.39, 0.29) is 12.0 Å². The van der Waals surface area contributed by atoms with Gasteiger partial charge < -0.3 is 14.8 Å². The van der Waals surface area contributed by atoms with Crippen molar-refractivity contribution in [3.63, 3.8) is 0 Å². The van der Waals surface area contributed by atoms with Gasteiger partial charge in [0.05, 0.1) is 17.9 Å². The van der Waals surface area contributed by atoms with Crippen LogP contribution in [0.2, 0.25) is 0 Å². The topological polar surface area (TPSA) is 78.3 Å². The number of para-hydroxylation sites is 3. The van der Waals surface area contributed by atoms with E-state index in [1.807, 2.05) is 54.6 Å². The highest BCUT2D eigenvalue weighted by molar-refractivity contribution is 5.93. The lowest BCUT2D eigenvalue weighted by molar-refractivity contribution is 0.0786. The van der Waals surface area contributed by atoms with Gasteiger partial charge in [0.15, 0.2) is 17.2 Å². The highest BCUT2D eigenvalue weighted by Gasteiger charge is 2.23. The Morgan fingerprint density at radius 1 is 1.12 bits per heavy atom. The molecule has 0 saturated heterocycles. The summed E-state index contributed by atoms with van der Waals surface area (Å²) in [5, 5.41) is 11.5. The number of hydrogen-bond donors (Lipinski definition) is 1. The lowest BCUT2D eigenvalue weighted by Gasteiger charge is -2.26. The van der Waals surface area contributed by atoms with Crippen molar-refractivity contribution >= 4 is 5.91 Å². The zero-order valence-electron chi connectivity index (χ0n) is 14.3. The van der Waals surface area contributed by atoms with Crippen LogP contribution in [-0.2, 0) is 0 Å². The van der Waals surface area contributed by atoms with Crippen molar-refractivity contribution in [1.29, 1.82) is 0 Å². The fraction of sp³-hybridized carbons (Fsp3) is 0.211. The van der Waals surface area contributed by atoms with Crippen LogP contribution in [-0.4, -0.2) is 40.2 Å². The number of aryl methyl sites for hydroxylation is 1. The predicted octanol–water partition coefficient (Wildman–Crippen LogP) is 2.15. The molecule has 0 unspecified atom stereocenters. The molecular formula is C19H18N4O3. The van der Waals surface area contributed by atoms with E-state index in [2.05, 4.69) is 15.5 Å². The zero-order valence-corrected chi connectivity index (χ0v) is 14.3. The van der Waals surface area contributed by atoms with Crippen LogP contribution in [0.4, 0.5) is 0 Å². The summed E-state index contributed by atoms with van der Waals surface area (Å²) in [7, 11) is 0. The van der Waals surface area contributed by atoms with Crippen LogP contribution in [0.5, 0.6) is 11.5 Å². The third-order valence-corrected chi connectivity index (χ3v) is 4.04. The molecule has 1 aliphatic heterocycles. The zero-order chi connectivity index (χ0) is 17.9. The van der Waals surface area contributed by atoms with Crippen molar-refractivity contribution in [2.45, 2.75) is 13.0 Å². The monoisotopic (exact) mass is 350 g/mol. The first-order chi connectivity index (χ1) is 12.7. The third-order valence-electron chi connectivity index (χ3n) is 4.04. The Morgan fingerprint density at radius 2 is 1.85 bits per heavy atom. The van der Waals surface area contributed by atoms with Gasteiger partial charge in [-0.25, -0.2) is 0 Å². The van der Waals surface area contributed by atoms with E-state index in [0.29, 0.717) is 30.3 Å². The summed E-state index contributed by atoms with van der Waals surface area (Å²) in [6.45, 7) is 2.47. The molecule has 1 atom stereocenters. The molecule has 7 heteroatoms. The molecular weight excluding hydrogens is 332 g/mol. The molecule has 3 aromatic rings. The molecule has 26 heavy (non-hydrogen) atoms. The summed E-state index contributed by atoms with van der Waals surface area (Å²) in [5.41, 5.74) is 1.67. The second-order valence-corrected chi connectivity index (χ2v) is 5.97. The summed E-state index contributed by atoms with van der Waals surface area (Å²) >= 11 is 0. The Hall–Kier alpha value is -3.35. The summed E-state index contributed by atoms with van der Waals surface area (Å²) in [5.74, 6) is 1.12. The van der Waals surface area contributed by atoms with Gasteiger partial charge >= 0.3 is 0 Å². The Bertz CT molecular complexity index is 924. The van der Waals surface area contributed by atoms with Gasteiger partial charge in [-0.2, -0.15) is 9.90 Å². The van der Waals surface area contributed by atoms with Gasteiger partial charge in [0, 0.05) is 0 Å². The molecule has 2 heterocycles. The summed E-state index contributed by atoms with van der Waals surface area (Å²) < 4.78 is 11.5. The normalized spacial score (nSPS) is 15.5. The van der Waals surface area contributed by atoms with Gasteiger partial charge in [-0.3, -0.25) is 4.79 Å². The van der Waals surface area contributed by atoms with Crippen LogP contribution in [0.1, 0.15) is 16.2 Å². The standard InChI is InChI=1S/C19H18N4O3/c1-13-18(22-23(21-13)14-7-3-2-4-8-14)19(24)20-11-15-12-25-16-9-5-6-10-17(16)26-15/h2-10,15H,11-12H2,1H3,(H,20,24)/t15-/m0/s1. The molecule has 1 amide bonds. The van der Waals surface area contributed by atoms with E-state index < -0.39 is 0 Å². The highest BCUT2D eigenvalue weighted by Crippen LogP contribution is 2.30. The molecule has 1 aliphatic rings. The van der Waals surface area contributed by atoms with Crippen LogP contribution >= 0.6 is 0 Å². The fourth-order valence-corrected chi connectivity index (χ4v) is 2.72. The Kier molecular flexibility index (Phi) is 4.27. The molecule has 4 rings (SSSR count). The first-order valence-electron chi connectivity index (χ1n) is 8.37.